The fourth-order valence-electron chi connectivity index (χ4n) is 1.84. The summed E-state index contributed by atoms with van der Waals surface area (Å²) in [7, 11) is -2.40. The summed E-state index contributed by atoms with van der Waals surface area (Å²) in [4.78, 5) is 23.8. The zero-order chi connectivity index (χ0) is 14.0. The van der Waals surface area contributed by atoms with Crippen LogP contribution in [0.5, 0.6) is 0 Å². The second kappa shape index (κ2) is 5.58. The van der Waals surface area contributed by atoms with E-state index in [1.54, 1.807) is 0 Å². The molecule has 9 heteroatoms. The first-order valence-electron chi connectivity index (χ1n) is 5.49. The molecule has 102 valence electrons. The van der Waals surface area contributed by atoms with Gasteiger partial charge < -0.3 is 15.6 Å². The Kier molecular flexibility index (Phi) is 4.06. The lowest BCUT2D eigenvalue weighted by Gasteiger charge is -2.16. The molecule has 0 amide bonds. The molecule has 8 nitrogen and oxygen atoms in total. The first-order chi connectivity index (χ1) is 8.97. The average Bonchev–Trinajstić information content (AvgIpc) is 2.68. The minimum Gasteiger partial charge on any atom is -0.388 e. The Labute approximate surface area is 109 Å². The van der Waals surface area contributed by atoms with Gasteiger partial charge in [0.25, 0.3) is 0 Å². The van der Waals surface area contributed by atoms with Crippen molar-refractivity contribution in [1.82, 2.24) is 9.55 Å². The monoisotopic (exact) mass is 286 g/mol. The number of aromatic nitrogens is 2. The Balaban J connectivity index is 2.18. The van der Waals surface area contributed by atoms with Gasteiger partial charge in [-0.15, -0.1) is 0 Å². The van der Waals surface area contributed by atoms with Gasteiger partial charge in [0.2, 0.25) is 0 Å². The molecule has 1 aromatic rings. The highest BCUT2D eigenvalue weighted by Crippen LogP contribution is 2.29. The van der Waals surface area contributed by atoms with Crippen molar-refractivity contribution >= 4 is 13.8 Å². The van der Waals surface area contributed by atoms with Crippen LogP contribution in [0.4, 0.5) is 5.82 Å². The first kappa shape index (κ1) is 13.8. The second-order valence-corrected chi connectivity index (χ2v) is 4.96. The standard InChI is InChI=1S/C10H12N3O5P/c11-8-1-3-13(10(15)12-8)9-7(14)5-6(18-9)2-4-19(16)17/h1-4,6-7,9,14H,5H2,(H2-,11,12,15,16,17)/p+1. The molecule has 0 radical (unpaired) electrons. The van der Waals surface area contributed by atoms with Gasteiger partial charge in [-0.3, -0.25) is 4.57 Å². The quantitative estimate of drug-likeness (QED) is 0.652. The van der Waals surface area contributed by atoms with Crippen LogP contribution in [0, 0.1) is 0 Å². The molecule has 1 fully saturated rings. The number of ether oxygens (including phenoxy) is 1. The van der Waals surface area contributed by atoms with E-state index in [-0.39, 0.29) is 12.2 Å². The zero-order valence-corrected chi connectivity index (χ0v) is 10.7. The molecule has 4 N–H and O–H groups in total. The fourth-order valence-corrected chi connectivity index (χ4v) is 2.18. The first-order valence-corrected chi connectivity index (χ1v) is 6.77. The van der Waals surface area contributed by atoms with Crippen molar-refractivity contribution in [3.05, 3.63) is 34.6 Å². The van der Waals surface area contributed by atoms with Crippen LogP contribution in [-0.4, -0.2) is 31.8 Å². The molecular weight excluding hydrogens is 273 g/mol. The van der Waals surface area contributed by atoms with Crippen LogP contribution >= 0.6 is 8.03 Å². The predicted molar refractivity (Wildman–Crippen MR) is 66.4 cm³/mol. The largest absolute Gasteiger partial charge is 0.537 e. The van der Waals surface area contributed by atoms with Gasteiger partial charge in [0.05, 0.1) is 6.10 Å². The van der Waals surface area contributed by atoms with E-state index in [0.29, 0.717) is 0 Å². The van der Waals surface area contributed by atoms with E-state index in [0.717, 1.165) is 10.4 Å². The van der Waals surface area contributed by atoms with Gasteiger partial charge >= 0.3 is 13.7 Å². The van der Waals surface area contributed by atoms with Crippen LogP contribution in [0.2, 0.25) is 0 Å². The van der Waals surface area contributed by atoms with Crippen LogP contribution in [0.3, 0.4) is 0 Å². The van der Waals surface area contributed by atoms with Crippen LogP contribution in [0.1, 0.15) is 12.6 Å². The van der Waals surface area contributed by atoms with Crippen molar-refractivity contribution in [2.75, 3.05) is 5.73 Å². The van der Waals surface area contributed by atoms with Gasteiger partial charge in [0.1, 0.15) is 11.9 Å². The molecule has 1 aromatic heterocycles. The number of hydrogen-bond donors (Lipinski definition) is 3. The van der Waals surface area contributed by atoms with Crippen molar-refractivity contribution in [2.24, 2.45) is 0 Å². The molecule has 0 aromatic carbocycles. The third-order valence-corrected chi connectivity index (χ3v) is 3.10. The fraction of sp³-hybridized carbons (Fsp3) is 0.400. The van der Waals surface area contributed by atoms with E-state index in [9.17, 15) is 14.5 Å². The van der Waals surface area contributed by atoms with Crippen LogP contribution in [-0.2, 0) is 9.30 Å². The maximum Gasteiger partial charge on any atom is 0.537 e. The molecule has 1 saturated heterocycles. The molecular formula is C10H13N3O5P+. The Morgan fingerprint density at radius 2 is 2.37 bits per heavy atom. The molecule has 19 heavy (non-hydrogen) atoms. The SMILES string of the molecule is Nc1ccn(C2OC(C=C[P+](=O)O)CC2O)c(=O)n1. The van der Waals surface area contributed by atoms with E-state index in [2.05, 4.69) is 4.98 Å². The molecule has 1 aliphatic rings. The van der Waals surface area contributed by atoms with Crippen LogP contribution < -0.4 is 11.4 Å². The highest BCUT2D eigenvalue weighted by molar-refractivity contribution is 7.41. The van der Waals surface area contributed by atoms with Crippen molar-refractivity contribution in [1.29, 1.82) is 0 Å². The molecule has 0 saturated carbocycles. The van der Waals surface area contributed by atoms with E-state index >= 15 is 0 Å². The number of hydrogen-bond acceptors (Lipinski definition) is 6. The van der Waals surface area contributed by atoms with Crippen molar-refractivity contribution in [3.8, 4) is 0 Å². The summed E-state index contributed by atoms with van der Waals surface area (Å²) < 4.78 is 17.1. The number of nitrogen functional groups attached to an aromatic ring is 1. The molecule has 0 bridgehead atoms. The third kappa shape index (κ3) is 3.24. The molecule has 1 aliphatic heterocycles. The van der Waals surface area contributed by atoms with Gasteiger partial charge in [-0.05, 0) is 16.7 Å². The van der Waals surface area contributed by atoms with Crippen molar-refractivity contribution in [2.45, 2.75) is 24.9 Å². The summed E-state index contributed by atoms with van der Waals surface area (Å²) in [6, 6.07) is 1.42. The van der Waals surface area contributed by atoms with Crippen LogP contribution in [0.15, 0.2) is 29.0 Å². The maximum atomic E-state index is 11.6. The van der Waals surface area contributed by atoms with Gasteiger partial charge in [-0.1, -0.05) is 0 Å². The highest BCUT2D eigenvalue weighted by Gasteiger charge is 2.35. The Hall–Kier alpha value is -1.60. The Bertz CT molecular complexity index is 573. The lowest BCUT2D eigenvalue weighted by atomic mass is 10.2. The van der Waals surface area contributed by atoms with Crippen molar-refractivity contribution < 1.29 is 19.3 Å². The van der Waals surface area contributed by atoms with E-state index in [1.807, 2.05) is 0 Å². The normalized spacial score (nSPS) is 27.9. The number of rotatable bonds is 3. The topological polar surface area (TPSA) is 128 Å². The molecule has 2 heterocycles. The highest BCUT2D eigenvalue weighted by atomic mass is 31.1. The second-order valence-electron chi connectivity index (χ2n) is 4.05. The summed E-state index contributed by atoms with van der Waals surface area (Å²) >= 11 is 0. The summed E-state index contributed by atoms with van der Waals surface area (Å²) in [6.45, 7) is 0. The Morgan fingerprint density at radius 3 is 3.00 bits per heavy atom. The maximum absolute atomic E-state index is 11.6. The summed E-state index contributed by atoms with van der Waals surface area (Å²) in [5.74, 6) is 1.17. The number of aliphatic hydroxyl groups excluding tert-OH is 1. The van der Waals surface area contributed by atoms with Crippen LogP contribution in [0.25, 0.3) is 0 Å². The van der Waals surface area contributed by atoms with Gasteiger partial charge in [0, 0.05) is 12.6 Å². The minimum absolute atomic E-state index is 0.0856. The van der Waals surface area contributed by atoms with Gasteiger partial charge in [-0.2, -0.15) is 9.88 Å². The van der Waals surface area contributed by atoms with Gasteiger partial charge in [-0.25, -0.2) is 4.79 Å². The number of anilines is 1. The van der Waals surface area contributed by atoms with Crippen molar-refractivity contribution in [3.63, 3.8) is 0 Å². The van der Waals surface area contributed by atoms with E-state index in [4.69, 9.17) is 15.4 Å². The summed E-state index contributed by atoms with van der Waals surface area (Å²) in [5.41, 5.74) is 4.75. The molecule has 0 spiro atoms. The zero-order valence-electron chi connectivity index (χ0n) is 9.79. The van der Waals surface area contributed by atoms with E-state index in [1.165, 1.54) is 18.3 Å². The number of nitrogens with two attached hydrogens (primary N) is 1. The molecule has 4 unspecified atom stereocenters. The molecule has 2 rings (SSSR count). The smallest absolute Gasteiger partial charge is 0.388 e. The third-order valence-electron chi connectivity index (χ3n) is 2.67. The van der Waals surface area contributed by atoms with Gasteiger partial charge in [0.15, 0.2) is 12.0 Å². The lowest BCUT2D eigenvalue weighted by molar-refractivity contribution is -0.0279. The molecule has 0 aliphatic carbocycles. The van der Waals surface area contributed by atoms with E-state index < -0.39 is 32.2 Å². The average molecular weight is 286 g/mol. The number of aliphatic hydroxyl groups is 1. The molecule has 4 atom stereocenters. The lowest BCUT2D eigenvalue weighted by Crippen LogP contribution is -2.31. The minimum atomic E-state index is -2.40. The summed E-state index contributed by atoms with van der Waals surface area (Å²) in [5, 5.41) is 9.86. The Morgan fingerprint density at radius 1 is 1.63 bits per heavy atom. The summed E-state index contributed by atoms with van der Waals surface area (Å²) in [6.07, 6.45) is 0.674. The predicted octanol–water partition coefficient (Wildman–Crippen LogP) is -0.278. The number of nitrogens with zero attached hydrogens (tertiary/aromatic N) is 2.